The first-order valence-corrected chi connectivity index (χ1v) is 13.2. The summed E-state index contributed by atoms with van der Waals surface area (Å²) in [4.78, 5) is 22.2. The van der Waals surface area contributed by atoms with Crippen LogP contribution >= 0.6 is 11.6 Å². The molecule has 3 atom stereocenters. The lowest BCUT2D eigenvalue weighted by atomic mass is 9.76. The number of benzene rings is 1. The van der Waals surface area contributed by atoms with Crippen molar-refractivity contribution in [3.05, 3.63) is 52.9 Å². The van der Waals surface area contributed by atoms with Crippen LogP contribution in [0.4, 0.5) is 33.3 Å². The number of alkyl halides is 5. The Labute approximate surface area is 230 Å². The molecule has 1 aliphatic heterocycles. The Bertz CT molecular complexity index is 1530. The minimum atomic E-state index is -4.64. The summed E-state index contributed by atoms with van der Waals surface area (Å²) in [5, 5.41) is 13.1. The van der Waals surface area contributed by atoms with Crippen LogP contribution in [0.5, 0.6) is 0 Å². The molecule has 2 aromatic heterocycles. The predicted molar refractivity (Wildman–Crippen MR) is 137 cm³/mol. The summed E-state index contributed by atoms with van der Waals surface area (Å²) >= 11 is 5.95. The average molecular weight is 582 g/mol. The Balaban J connectivity index is 1.28. The van der Waals surface area contributed by atoms with Crippen LogP contribution in [0.1, 0.15) is 43.9 Å². The summed E-state index contributed by atoms with van der Waals surface area (Å²) in [6, 6.07) is 7.12. The van der Waals surface area contributed by atoms with Crippen molar-refractivity contribution in [2.45, 2.75) is 50.1 Å². The number of aliphatic imine (C=N–C) groups is 1. The number of carbonyl (C=O) groups excluding carboxylic acids is 1. The molecular weight excluding hydrogens is 557 g/mol. The normalized spacial score (nSPS) is 31.0. The minimum absolute atomic E-state index is 0.00237. The zero-order valence-corrected chi connectivity index (χ0v) is 22.2. The highest BCUT2D eigenvalue weighted by Crippen LogP contribution is 2.71. The Kier molecular flexibility index (Phi) is 5.88. The number of rotatable bonds is 5. The van der Waals surface area contributed by atoms with Gasteiger partial charge in [0, 0.05) is 31.1 Å². The van der Waals surface area contributed by atoms with Crippen molar-refractivity contribution in [2.75, 3.05) is 18.1 Å². The average Bonchev–Trinajstić information content (AvgIpc) is 3.15. The van der Waals surface area contributed by atoms with Crippen LogP contribution < -0.4 is 4.90 Å². The van der Waals surface area contributed by atoms with Crippen molar-refractivity contribution >= 4 is 40.7 Å². The first kappa shape index (κ1) is 27.1. The van der Waals surface area contributed by atoms with Gasteiger partial charge in [-0.25, -0.2) is 23.3 Å². The maximum Gasteiger partial charge on any atom is 0.401 e. The van der Waals surface area contributed by atoms with E-state index < -0.39 is 41.3 Å². The van der Waals surface area contributed by atoms with E-state index in [0.717, 1.165) is 11.4 Å². The van der Waals surface area contributed by atoms with Crippen LogP contribution in [0.3, 0.4) is 0 Å². The van der Waals surface area contributed by atoms with E-state index >= 15 is 8.78 Å². The molecule has 3 heterocycles. The van der Waals surface area contributed by atoms with Crippen molar-refractivity contribution in [3.63, 3.8) is 0 Å². The number of nitrogens with zero attached hydrogens (tertiary/aromatic N) is 5. The van der Waals surface area contributed by atoms with E-state index in [2.05, 4.69) is 15.1 Å². The molecule has 0 unspecified atom stereocenters. The van der Waals surface area contributed by atoms with Crippen molar-refractivity contribution in [2.24, 2.45) is 22.2 Å². The molecule has 2 saturated carbocycles. The van der Waals surface area contributed by atoms with Crippen LogP contribution in [0.25, 0.3) is 5.65 Å². The molecule has 3 aliphatic rings. The lowest BCUT2D eigenvalue weighted by Crippen LogP contribution is -2.43. The fourth-order valence-corrected chi connectivity index (χ4v) is 6.27. The third kappa shape index (κ3) is 3.71. The number of anilines is 2. The second kappa shape index (κ2) is 8.69. The summed E-state index contributed by atoms with van der Waals surface area (Å²) in [6.07, 6.45) is -0.601. The molecule has 1 aromatic carbocycles. The van der Waals surface area contributed by atoms with Crippen LogP contribution in [0, 0.1) is 17.3 Å². The van der Waals surface area contributed by atoms with E-state index in [9.17, 15) is 18.0 Å². The first-order chi connectivity index (χ1) is 18.7. The molecule has 0 bridgehead atoms. The van der Waals surface area contributed by atoms with Gasteiger partial charge in [0.05, 0.1) is 23.5 Å². The van der Waals surface area contributed by atoms with Gasteiger partial charge in [-0.1, -0.05) is 23.7 Å². The molecule has 2 aliphatic carbocycles. The summed E-state index contributed by atoms with van der Waals surface area (Å²) < 4.78 is 74.3. The highest BCUT2D eigenvalue weighted by molar-refractivity contribution is 6.29. The van der Waals surface area contributed by atoms with Gasteiger partial charge in [-0.05, 0) is 56.2 Å². The Morgan fingerprint density at radius 3 is 2.52 bits per heavy atom. The maximum atomic E-state index is 15.0. The molecule has 2 fully saturated rings. The van der Waals surface area contributed by atoms with Crippen molar-refractivity contribution in [1.82, 2.24) is 14.6 Å². The fraction of sp³-hybridized carbons (Fsp3) is 0.481. The van der Waals surface area contributed by atoms with Crippen LogP contribution in [-0.4, -0.2) is 57.1 Å². The van der Waals surface area contributed by atoms with E-state index in [0.29, 0.717) is 18.5 Å². The molecule has 7 nitrogen and oxygen atoms in total. The molecule has 13 heteroatoms. The van der Waals surface area contributed by atoms with Crippen LogP contribution in [0.15, 0.2) is 41.5 Å². The van der Waals surface area contributed by atoms with E-state index in [1.54, 1.807) is 0 Å². The monoisotopic (exact) mass is 581 g/mol. The zero-order chi connectivity index (χ0) is 28.8. The summed E-state index contributed by atoms with van der Waals surface area (Å²) in [5.74, 6) is -5.54. The van der Waals surface area contributed by atoms with Crippen molar-refractivity contribution in [1.29, 1.82) is 0 Å². The first-order valence-electron chi connectivity index (χ1n) is 12.8. The zero-order valence-electron chi connectivity index (χ0n) is 21.5. The van der Waals surface area contributed by atoms with E-state index in [4.69, 9.17) is 16.7 Å². The number of aliphatic hydroxyl groups excluding tert-OH is 1. The molecule has 3 aromatic rings. The Morgan fingerprint density at radius 1 is 1.23 bits per heavy atom. The molecule has 1 amide bonds. The SMILES string of the molecule is C[C@@]1(C(F)(F)F)CN(c2ccc([C@H]3C(F)(F)[C@]3(C)C(=O)N=CC3CC(CO)C3)cc2)c2cnc3cc(Cl)nn3c21. The number of fused-ring (bicyclic) bond motifs is 3. The Morgan fingerprint density at radius 2 is 1.90 bits per heavy atom. The molecule has 1 N–H and O–H groups in total. The van der Waals surface area contributed by atoms with Gasteiger partial charge in [-0.15, -0.1) is 0 Å². The fourth-order valence-electron chi connectivity index (χ4n) is 6.09. The Hall–Kier alpha value is -3.12. The molecule has 6 rings (SSSR count). The maximum absolute atomic E-state index is 15.0. The summed E-state index contributed by atoms with van der Waals surface area (Å²) in [7, 11) is 0. The number of aromatic nitrogens is 3. The number of hydrogen-bond acceptors (Lipinski definition) is 5. The van der Waals surface area contributed by atoms with Gasteiger partial charge < -0.3 is 10.0 Å². The van der Waals surface area contributed by atoms with Gasteiger partial charge in [0.1, 0.15) is 10.8 Å². The van der Waals surface area contributed by atoms with E-state index in [1.165, 1.54) is 54.6 Å². The highest BCUT2D eigenvalue weighted by Gasteiger charge is 2.82. The number of amides is 1. The highest BCUT2D eigenvalue weighted by atomic mass is 35.5. The van der Waals surface area contributed by atoms with Crippen LogP contribution in [-0.2, 0) is 10.2 Å². The predicted octanol–water partition coefficient (Wildman–Crippen LogP) is 5.71. The minimum Gasteiger partial charge on any atom is -0.396 e. The lowest BCUT2D eigenvalue weighted by Gasteiger charge is -2.30. The number of hydrogen-bond donors (Lipinski definition) is 1. The number of aliphatic hydroxyl groups is 1. The molecule has 40 heavy (non-hydrogen) atoms. The molecule has 0 radical (unpaired) electrons. The third-order valence-corrected chi connectivity index (χ3v) is 9.00. The van der Waals surface area contributed by atoms with Gasteiger partial charge >= 0.3 is 6.18 Å². The topological polar surface area (TPSA) is 83.1 Å². The van der Waals surface area contributed by atoms with E-state index in [1.807, 2.05) is 0 Å². The smallest absolute Gasteiger partial charge is 0.396 e. The quantitative estimate of drug-likeness (QED) is 0.308. The van der Waals surface area contributed by atoms with Gasteiger partial charge in [0.25, 0.3) is 11.8 Å². The second-order valence-corrected chi connectivity index (χ2v) is 11.7. The number of carbonyl (C=O) groups is 1. The van der Waals surface area contributed by atoms with Gasteiger partial charge in [0.2, 0.25) is 0 Å². The van der Waals surface area contributed by atoms with Crippen LogP contribution in [0.2, 0.25) is 5.15 Å². The lowest BCUT2D eigenvalue weighted by molar-refractivity contribution is -0.181. The van der Waals surface area contributed by atoms with Crippen molar-refractivity contribution in [3.8, 4) is 0 Å². The van der Waals surface area contributed by atoms with E-state index in [-0.39, 0.29) is 46.2 Å². The molecule has 212 valence electrons. The largest absolute Gasteiger partial charge is 0.401 e. The third-order valence-electron chi connectivity index (χ3n) is 8.81. The molecule has 0 saturated heterocycles. The summed E-state index contributed by atoms with van der Waals surface area (Å²) in [5.41, 5.74) is -3.58. The molecular formula is C27H25ClF5N5O2. The molecule has 0 spiro atoms. The standard InChI is InChI=1S/C27H25ClF5N5O2/c1-24(27(31,32)33)13-37(18-11-34-20-9-19(28)36-38(20)22(18)24)17-5-3-16(4-6-17)21-25(2,26(21,29)30)23(40)35-10-14-7-15(8-14)12-39/h3-6,9-11,14-15,21,39H,7-8,12-13H2,1-2H3/t14?,15?,21-,24-,25+/m1/s1. The van der Waals surface area contributed by atoms with Gasteiger partial charge in [-0.2, -0.15) is 18.3 Å². The van der Waals surface area contributed by atoms with Crippen molar-refractivity contribution < 1.29 is 31.9 Å². The number of halogens is 6. The second-order valence-electron chi connectivity index (χ2n) is 11.4. The summed E-state index contributed by atoms with van der Waals surface area (Å²) in [6.45, 7) is 1.82. The van der Waals surface area contributed by atoms with Gasteiger partial charge in [0.15, 0.2) is 10.8 Å². The van der Waals surface area contributed by atoms with Gasteiger partial charge in [-0.3, -0.25) is 4.79 Å².